The first-order valence-corrected chi connectivity index (χ1v) is 6.01. The van der Waals surface area contributed by atoms with E-state index in [-0.39, 0.29) is 0 Å². The summed E-state index contributed by atoms with van der Waals surface area (Å²) in [6.45, 7) is 0. The van der Waals surface area contributed by atoms with Gasteiger partial charge >= 0.3 is 0 Å². The molecule has 0 aromatic heterocycles. The van der Waals surface area contributed by atoms with Crippen molar-refractivity contribution in [1.29, 1.82) is 0 Å². The number of hydrogen-bond donors (Lipinski definition) is 0. The van der Waals surface area contributed by atoms with E-state index in [1.807, 2.05) is 12.1 Å². The summed E-state index contributed by atoms with van der Waals surface area (Å²) in [7, 11) is 1.58. The maximum absolute atomic E-state index is 11.2. The molecular formula is C14H10Cl2O2. The second-order valence-corrected chi connectivity index (χ2v) is 4.48. The lowest BCUT2D eigenvalue weighted by atomic mass is 10.0. The second kappa shape index (κ2) is 5.42. The number of rotatable bonds is 3. The van der Waals surface area contributed by atoms with Crippen LogP contribution in [-0.4, -0.2) is 12.4 Å². The minimum absolute atomic E-state index is 0.433. The molecule has 0 saturated heterocycles. The SMILES string of the molecule is COc1ccc(C(=O)Cl)cc1-c1ccc(Cl)cc1. The zero-order chi connectivity index (χ0) is 13.1. The predicted molar refractivity (Wildman–Crippen MR) is 73.6 cm³/mol. The van der Waals surface area contributed by atoms with Crippen LogP contribution >= 0.6 is 23.2 Å². The Morgan fingerprint density at radius 2 is 1.78 bits per heavy atom. The molecule has 0 amide bonds. The van der Waals surface area contributed by atoms with Crippen LogP contribution < -0.4 is 4.74 Å². The van der Waals surface area contributed by atoms with Gasteiger partial charge in [-0.25, -0.2) is 0 Å². The molecule has 0 aliphatic carbocycles. The van der Waals surface area contributed by atoms with Crippen molar-refractivity contribution in [3.05, 3.63) is 53.1 Å². The first-order valence-electron chi connectivity index (χ1n) is 5.25. The molecule has 0 unspecified atom stereocenters. The summed E-state index contributed by atoms with van der Waals surface area (Å²) in [5, 5.41) is 0.162. The number of benzene rings is 2. The number of carbonyl (C=O) groups is 1. The lowest BCUT2D eigenvalue weighted by molar-refractivity contribution is 0.108. The van der Waals surface area contributed by atoms with Gasteiger partial charge in [0.15, 0.2) is 0 Å². The molecule has 2 rings (SSSR count). The van der Waals surface area contributed by atoms with Gasteiger partial charge in [-0.1, -0.05) is 23.7 Å². The van der Waals surface area contributed by atoms with Crippen LogP contribution in [0.5, 0.6) is 5.75 Å². The van der Waals surface area contributed by atoms with Gasteiger partial charge in [-0.05, 0) is 47.5 Å². The summed E-state index contributed by atoms with van der Waals surface area (Å²) in [6.07, 6.45) is 0. The third kappa shape index (κ3) is 2.66. The molecule has 0 aliphatic heterocycles. The van der Waals surface area contributed by atoms with Crippen LogP contribution in [0.2, 0.25) is 5.02 Å². The van der Waals surface area contributed by atoms with E-state index in [0.29, 0.717) is 16.3 Å². The Balaban J connectivity index is 2.56. The van der Waals surface area contributed by atoms with Gasteiger partial charge in [-0.15, -0.1) is 0 Å². The third-order valence-corrected chi connectivity index (χ3v) is 3.05. The first-order chi connectivity index (χ1) is 8.61. The predicted octanol–water partition coefficient (Wildman–Crippen LogP) is 4.39. The van der Waals surface area contributed by atoms with Crippen molar-refractivity contribution < 1.29 is 9.53 Å². The normalized spacial score (nSPS) is 10.2. The van der Waals surface area contributed by atoms with Crippen LogP contribution in [0.4, 0.5) is 0 Å². The van der Waals surface area contributed by atoms with Gasteiger partial charge in [0.05, 0.1) is 7.11 Å². The second-order valence-electron chi connectivity index (χ2n) is 3.70. The van der Waals surface area contributed by atoms with Gasteiger partial charge in [-0.2, -0.15) is 0 Å². The number of carbonyl (C=O) groups excluding carboxylic acids is 1. The van der Waals surface area contributed by atoms with Crippen molar-refractivity contribution in [1.82, 2.24) is 0 Å². The molecule has 92 valence electrons. The monoisotopic (exact) mass is 280 g/mol. The van der Waals surface area contributed by atoms with Crippen molar-refractivity contribution in [2.75, 3.05) is 7.11 Å². The van der Waals surface area contributed by atoms with Crippen molar-refractivity contribution in [3.8, 4) is 16.9 Å². The molecule has 0 saturated carbocycles. The van der Waals surface area contributed by atoms with E-state index in [2.05, 4.69) is 0 Å². The number of hydrogen-bond acceptors (Lipinski definition) is 2. The fourth-order valence-electron chi connectivity index (χ4n) is 1.69. The molecule has 4 heteroatoms. The van der Waals surface area contributed by atoms with Gasteiger partial charge in [-0.3, -0.25) is 4.79 Å². The molecule has 18 heavy (non-hydrogen) atoms. The van der Waals surface area contributed by atoms with Gasteiger partial charge < -0.3 is 4.74 Å². The zero-order valence-corrected chi connectivity index (χ0v) is 11.1. The van der Waals surface area contributed by atoms with Crippen LogP contribution in [0.25, 0.3) is 11.1 Å². The Hall–Kier alpha value is -1.51. The van der Waals surface area contributed by atoms with Crippen molar-refractivity contribution >= 4 is 28.4 Å². The molecule has 2 aromatic rings. The molecule has 2 aromatic carbocycles. The summed E-state index contributed by atoms with van der Waals surface area (Å²) in [5.74, 6) is 0.680. The molecule has 0 N–H and O–H groups in total. The summed E-state index contributed by atoms with van der Waals surface area (Å²) >= 11 is 11.3. The van der Waals surface area contributed by atoms with Gasteiger partial charge in [0, 0.05) is 16.1 Å². The van der Waals surface area contributed by atoms with Crippen molar-refractivity contribution in [2.45, 2.75) is 0 Å². The van der Waals surface area contributed by atoms with Crippen molar-refractivity contribution in [3.63, 3.8) is 0 Å². The summed E-state index contributed by atoms with van der Waals surface area (Å²) in [6, 6.07) is 12.4. The van der Waals surface area contributed by atoms with E-state index in [4.69, 9.17) is 27.9 Å². The smallest absolute Gasteiger partial charge is 0.252 e. The largest absolute Gasteiger partial charge is 0.496 e. The fraction of sp³-hybridized carbons (Fsp3) is 0.0714. The molecule has 0 aliphatic rings. The molecule has 0 atom stereocenters. The standard InChI is InChI=1S/C14H10Cl2O2/c1-18-13-7-4-10(14(16)17)8-12(13)9-2-5-11(15)6-3-9/h2-8H,1H3. The van der Waals surface area contributed by atoms with Gasteiger partial charge in [0.2, 0.25) is 0 Å². The molecule has 0 heterocycles. The number of methoxy groups -OCH3 is 1. The highest BCUT2D eigenvalue weighted by molar-refractivity contribution is 6.67. The van der Waals surface area contributed by atoms with Crippen LogP contribution in [0.15, 0.2) is 42.5 Å². The van der Waals surface area contributed by atoms with Crippen LogP contribution in [0.1, 0.15) is 10.4 Å². The molecular weight excluding hydrogens is 271 g/mol. The highest BCUT2D eigenvalue weighted by atomic mass is 35.5. The Morgan fingerprint density at radius 1 is 1.11 bits per heavy atom. The van der Waals surface area contributed by atoms with E-state index >= 15 is 0 Å². The van der Waals surface area contributed by atoms with Crippen molar-refractivity contribution in [2.24, 2.45) is 0 Å². The lowest BCUT2D eigenvalue weighted by Crippen LogP contribution is -1.93. The summed E-state index contributed by atoms with van der Waals surface area (Å²) < 4.78 is 5.28. The van der Waals surface area contributed by atoms with Gasteiger partial charge in [0.1, 0.15) is 5.75 Å². The van der Waals surface area contributed by atoms with E-state index in [9.17, 15) is 4.79 Å². The van der Waals surface area contributed by atoms with Crippen LogP contribution in [-0.2, 0) is 0 Å². The van der Waals surface area contributed by atoms with Crippen LogP contribution in [0.3, 0.4) is 0 Å². The quantitative estimate of drug-likeness (QED) is 0.780. The zero-order valence-electron chi connectivity index (χ0n) is 9.61. The highest BCUT2D eigenvalue weighted by Gasteiger charge is 2.10. The van der Waals surface area contributed by atoms with E-state index in [0.717, 1.165) is 11.1 Å². The topological polar surface area (TPSA) is 26.3 Å². The Bertz CT molecular complexity index is 577. The first kappa shape index (κ1) is 12.9. The van der Waals surface area contributed by atoms with E-state index in [1.54, 1.807) is 37.4 Å². The minimum atomic E-state index is -0.493. The number of halogens is 2. The molecule has 2 nitrogen and oxygen atoms in total. The molecule has 0 radical (unpaired) electrons. The summed E-state index contributed by atoms with van der Waals surface area (Å²) in [5.41, 5.74) is 2.15. The average Bonchev–Trinajstić information content (AvgIpc) is 2.39. The Labute approximate surface area is 115 Å². The maximum Gasteiger partial charge on any atom is 0.252 e. The molecule has 0 fully saturated rings. The lowest BCUT2D eigenvalue weighted by Gasteiger charge is -2.09. The molecule has 0 spiro atoms. The Kier molecular flexibility index (Phi) is 3.90. The molecule has 0 bridgehead atoms. The average molecular weight is 281 g/mol. The Morgan fingerprint density at radius 3 is 2.33 bits per heavy atom. The maximum atomic E-state index is 11.2. The highest BCUT2D eigenvalue weighted by Crippen LogP contribution is 2.32. The number of ether oxygens (including phenoxy) is 1. The third-order valence-electron chi connectivity index (χ3n) is 2.58. The fourth-order valence-corrected chi connectivity index (χ4v) is 1.93. The van der Waals surface area contributed by atoms with E-state index in [1.165, 1.54) is 0 Å². The van der Waals surface area contributed by atoms with Gasteiger partial charge in [0.25, 0.3) is 5.24 Å². The van der Waals surface area contributed by atoms with E-state index < -0.39 is 5.24 Å². The van der Waals surface area contributed by atoms with Crippen LogP contribution in [0, 0.1) is 0 Å². The minimum Gasteiger partial charge on any atom is -0.496 e. The summed E-state index contributed by atoms with van der Waals surface area (Å²) in [4.78, 5) is 11.2.